The summed E-state index contributed by atoms with van der Waals surface area (Å²) in [5, 5.41) is 3.01. The summed E-state index contributed by atoms with van der Waals surface area (Å²) in [7, 11) is 1.37. The van der Waals surface area contributed by atoms with Crippen molar-refractivity contribution in [2.24, 2.45) is 0 Å². The first-order valence-electron chi connectivity index (χ1n) is 6.06. The zero-order chi connectivity index (χ0) is 14.5. The van der Waals surface area contributed by atoms with Gasteiger partial charge in [0.25, 0.3) is 0 Å². The van der Waals surface area contributed by atoms with E-state index in [0.29, 0.717) is 12.1 Å². The van der Waals surface area contributed by atoms with Crippen LogP contribution in [0.4, 0.5) is 17.6 Å². The van der Waals surface area contributed by atoms with E-state index in [1.165, 1.54) is 13.1 Å². The molecule has 19 heavy (non-hydrogen) atoms. The molecule has 0 aliphatic carbocycles. The Morgan fingerprint density at radius 1 is 1.26 bits per heavy atom. The monoisotopic (exact) mass is 278 g/mol. The Hall–Kier alpha value is -1.14. The van der Waals surface area contributed by atoms with E-state index in [2.05, 4.69) is 5.32 Å². The van der Waals surface area contributed by atoms with E-state index in [9.17, 15) is 17.6 Å². The molecule has 1 atom stereocenters. The highest BCUT2D eigenvalue weighted by molar-refractivity contribution is 5.21. The molecule has 0 amide bonds. The minimum Gasteiger partial charge on any atom is -0.309 e. The normalized spacial score (nSPS) is 13.8. The van der Waals surface area contributed by atoms with Crippen LogP contribution in [0.25, 0.3) is 0 Å². The van der Waals surface area contributed by atoms with Gasteiger partial charge in [-0.25, -0.2) is 4.39 Å². The third-order valence-corrected chi connectivity index (χ3v) is 2.67. The highest BCUT2D eigenvalue weighted by Gasteiger charge is 2.30. The number of rotatable bonds is 6. The quantitative estimate of drug-likeness (QED) is 0.805. The summed E-state index contributed by atoms with van der Waals surface area (Å²) in [4.78, 5) is 1.14. The first kappa shape index (κ1) is 15.9. The van der Waals surface area contributed by atoms with Gasteiger partial charge in [0.2, 0.25) is 0 Å². The maximum Gasteiger partial charge on any atom is 0.401 e. The maximum absolute atomic E-state index is 13.7. The molecule has 1 unspecified atom stereocenters. The van der Waals surface area contributed by atoms with Crippen LogP contribution in [0.2, 0.25) is 0 Å². The van der Waals surface area contributed by atoms with Crippen LogP contribution in [0.15, 0.2) is 24.3 Å². The van der Waals surface area contributed by atoms with Crippen LogP contribution in [0.5, 0.6) is 0 Å². The number of hydrogen-bond acceptors (Lipinski definition) is 2. The first-order chi connectivity index (χ1) is 8.83. The van der Waals surface area contributed by atoms with Gasteiger partial charge in [-0.15, -0.1) is 0 Å². The van der Waals surface area contributed by atoms with Crippen molar-refractivity contribution in [1.82, 2.24) is 10.2 Å². The van der Waals surface area contributed by atoms with Gasteiger partial charge in [-0.1, -0.05) is 25.1 Å². The Morgan fingerprint density at radius 3 is 2.42 bits per heavy atom. The predicted molar refractivity (Wildman–Crippen MR) is 66.4 cm³/mol. The Kier molecular flexibility index (Phi) is 5.75. The molecule has 0 bridgehead atoms. The minimum atomic E-state index is -4.25. The molecule has 2 nitrogen and oxygen atoms in total. The number of alkyl halides is 3. The lowest BCUT2D eigenvalue weighted by Gasteiger charge is -2.26. The number of likely N-dealkylation sites (N-methyl/N-ethyl adjacent to an activating group) is 2. The molecule has 0 spiro atoms. The number of nitrogens with one attached hydrogen (secondary N) is 1. The summed E-state index contributed by atoms with van der Waals surface area (Å²) in [5.41, 5.74) is 0.387. The van der Waals surface area contributed by atoms with Gasteiger partial charge in [0.05, 0.1) is 6.54 Å². The lowest BCUT2D eigenvalue weighted by atomic mass is 10.1. The second-order valence-electron chi connectivity index (χ2n) is 4.44. The molecule has 1 aromatic carbocycles. The molecule has 1 aromatic rings. The second-order valence-corrected chi connectivity index (χ2v) is 4.44. The molecular weight excluding hydrogens is 260 g/mol. The summed E-state index contributed by atoms with van der Waals surface area (Å²) < 4.78 is 50.5. The summed E-state index contributed by atoms with van der Waals surface area (Å²) in [6, 6.07) is 5.67. The highest BCUT2D eigenvalue weighted by Crippen LogP contribution is 2.20. The van der Waals surface area contributed by atoms with E-state index in [0.717, 1.165) is 4.90 Å². The van der Waals surface area contributed by atoms with Crippen molar-refractivity contribution >= 4 is 0 Å². The average molecular weight is 278 g/mol. The molecule has 0 saturated carbocycles. The SMILES string of the molecule is CCNC(CN(C)CC(F)(F)F)c1ccccc1F. The topological polar surface area (TPSA) is 15.3 Å². The molecular formula is C13H18F4N2. The number of nitrogens with zero attached hydrogens (tertiary/aromatic N) is 1. The van der Waals surface area contributed by atoms with Crippen molar-refractivity contribution in [3.8, 4) is 0 Å². The number of hydrogen-bond donors (Lipinski definition) is 1. The van der Waals surface area contributed by atoms with Crippen molar-refractivity contribution in [2.45, 2.75) is 19.1 Å². The molecule has 0 radical (unpaired) electrons. The van der Waals surface area contributed by atoms with Gasteiger partial charge in [0.15, 0.2) is 0 Å². The number of halogens is 4. The van der Waals surface area contributed by atoms with Crippen molar-refractivity contribution in [1.29, 1.82) is 0 Å². The van der Waals surface area contributed by atoms with E-state index in [-0.39, 0.29) is 6.54 Å². The van der Waals surface area contributed by atoms with E-state index in [4.69, 9.17) is 0 Å². The fourth-order valence-corrected chi connectivity index (χ4v) is 1.96. The van der Waals surface area contributed by atoms with Crippen LogP contribution in [-0.2, 0) is 0 Å². The van der Waals surface area contributed by atoms with Gasteiger partial charge in [-0.3, -0.25) is 4.90 Å². The van der Waals surface area contributed by atoms with E-state index in [1.807, 2.05) is 6.92 Å². The standard InChI is InChI=1S/C13H18F4N2/c1-3-18-12(8-19(2)9-13(15,16)17)10-6-4-5-7-11(10)14/h4-7,12,18H,3,8-9H2,1-2H3. The summed E-state index contributed by atoms with van der Waals surface area (Å²) in [5.74, 6) is -0.408. The second kappa shape index (κ2) is 6.86. The lowest BCUT2D eigenvalue weighted by Crippen LogP contribution is -2.38. The summed E-state index contributed by atoms with van der Waals surface area (Å²) >= 11 is 0. The fourth-order valence-electron chi connectivity index (χ4n) is 1.96. The summed E-state index contributed by atoms with van der Waals surface area (Å²) in [6.45, 7) is 1.47. The summed E-state index contributed by atoms with van der Waals surface area (Å²) in [6.07, 6.45) is -4.25. The zero-order valence-corrected chi connectivity index (χ0v) is 11.0. The van der Waals surface area contributed by atoms with Crippen LogP contribution in [-0.4, -0.2) is 37.8 Å². The molecule has 1 N–H and O–H groups in total. The van der Waals surface area contributed by atoms with Gasteiger partial charge in [-0.05, 0) is 19.7 Å². The maximum atomic E-state index is 13.7. The van der Waals surface area contributed by atoms with Gasteiger partial charge >= 0.3 is 6.18 Å². The molecule has 0 saturated heterocycles. The molecule has 1 rings (SSSR count). The van der Waals surface area contributed by atoms with Crippen molar-refractivity contribution in [3.63, 3.8) is 0 Å². The third kappa shape index (κ3) is 5.57. The van der Waals surface area contributed by atoms with Crippen LogP contribution in [0, 0.1) is 5.82 Å². The average Bonchev–Trinajstić information content (AvgIpc) is 2.26. The molecule has 0 aliphatic heterocycles. The van der Waals surface area contributed by atoms with Gasteiger partial charge < -0.3 is 5.32 Å². The third-order valence-electron chi connectivity index (χ3n) is 2.67. The lowest BCUT2D eigenvalue weighted by molar-refractivity contribution is -0.143. The van der Waals surface area contributed by atoms with Crippen LogP contribution < -0.4 is 5.32 Å². The zero-order valence-electron chi connectivity index (χ0n) is 11.0. The Morgan fingerprint density at radius 2 is 1.89 bits per heavy atom. The van der Waals surface area contributed by atoms with E-state index in [1.54, 1.807) is 18.2 Å². The minimum absolute atomic E-state index is 0.0916. The Labute approximate surface area is 110 Å². The first-order valence-corrected chi connectivity index (χ1v) is 6.06. The van der Waals surface area contributed by atoms with Crippen LogP contribution in [0.1, 0.15) is 18.5 Å². The predicted octanol–water partition coefficient (Wildman–Crippen LogP) is 2.97. The van der Waals surface area contributed by atoms with Gasteiger partial charge in [0.1, 0.15) is 5.82 Å². The van der Waals surface area contributed by atoms with E-state index < -0.39 is 24.6 Å². The molecule has 6 heteroatoms. The smallest absolute Gasteiger partial charge is 0.309 e. The molecule has 0 aromatic heterocycles. The molecule has 0 heterocycles. The van der Waals surface area contributed by atoms with Crippen molar-refractivity contribution < 1.29 is 17.6 Å². The highest BCUT2D eigenvalue weighted by atomic mass is 19.4. The number of benzene rings is 1. The van der Waals surface area contributed by atoms with Gasteiger partial charge in [-0.2, -0.15) is 13.2 Å². The Balaban J connectivity index is 2.76. The Bertz CT molecular complexity index is 392. The molecule has 0 aliphatic rings. The van der Waals surface area contributed by atoms with E-state index >= 15 is 0 Å². The van der Waals surface area contributed by atoms with Gasteiger partial charge in [0, 0.05) is 18.2 Å². The van der Waals surface area contributed by atoms with Crippen LogP contribution in [0.3, 0.4) is 0 Å². The van der Waals surface area contributed by atoms with Crippen molar-refractivity contribution in [3.05, 3.63) is 35.6 Å². The molecule has 108 valence electrons. The molecule has 0 fully saturated rings. The van der Waals surface area contributed by atoms with Crippen molar-refractivity contribution in [2.75, 3.05) is 26.7 Å². The largest absolute Gasteiger partial charge is 0.401 e. The van der Waals surface area contributed by atoms with Crippen LogP contribution >= 0.6 is 0 Å². The fraction of sp³-hybridized carbons (Fsp3) is 0.538.